The summed E-state index contributed by atoms with van der Waals surface area (Å²) < 4.78 is 16.2. The Labute approximate surface area is 132 Å². The third-order valence-electron chi connectivity index (χ3n) is 3.34. The van der Waals surface area contributed by atoms with Gasteiger partial charge in [-0.2, -0.15) is 0 Å². The molecule has 0 radical (unpaired) electrons. The smallest absolute Gasteiger partial charge is 0.120 e. The van der Waals surface area contributed by atoms with Crippen molar-refractivity contribution in [1.29, 1.82) is 0 Å². The maximum Gasteiger partial charge on any atom is 0.120 e. The zero-order valence-electron chi connectivity index (χ0n) is 13.2. The predicted octanol–water partition coefficient (Wildman–Crippen LogP) is 2.86. The fraction of sp³-hybridized carbons (Fsp3) is 0.444. The van der Waals surface area contributed by atoms with Gasteiger partial charge in [-0.05, 0) is 35.9 Å². The van der Waals surface area contributed by atoms with Gasteiger partial charge >= 0.3 is 0 Å². The highest BCUT2D eigenvalue weighted by Gasteiger charge is 1.97. The second-order valence-corrected chi connectivity index (χ2v) is 5.07. The molecule has 1 N–H and O–H groups in total. The molecule has 0 saturated carbocycles. The van der Waals surface area contributed by atoms with Crippen LogP contribution in [0.15, 0.2) is 42.5 Å². The molecule has 4 nitrogen and oxygen atoms in total. The Balaban J connectivity index is 1.54. The van der Waals surface area contributed by atoms with E-state index in [4.69, 9.17) is 14.2 Å². The zero-order chi connectivity index (χ0) is 15.5. The summed E-state index contributed by atoms with van der Waals surface area (Å²) in [5, 5.41) is 5.73. The zero-order valence-corrected chi connectivity index (χ0v) is 13.2. The van der Waals surface area contributed by atoms with Crippen molar-refractivity contribution in [3.8, 4) is 5.75 Å². The molecule has 0 fully saturated rings. The van der Waals surface area contributed by atoms with E-state index in [1.807, 2.05) is 18.2 Å². The Kier molecular flexibility index (Phi) is 7.74. The highest BCUT2D eigenvalue weighted by molar-refractivity contribution is 5.83. The molecule has 0 aliphatic heterocycles. The maximum absolute atomic E-state index is 5.71. The first-order valence-electron chi connectivity index (χ1n) is 7.79. The Bertz CT molecular complexity index is 545. The van der Waals surface area contributed by atoms with Gasteiger partial charge in [0.05, 0.1) is 13.2 Å². The minimum Gasteiger partial charge on any atom is -0.491 e. The van der Waals surface area contributed by atoms with Gasteiger partial charge in [0, 0.05) is 20.3 Å². The summed E-state index contributed by atoms with van der Waals surface area (Å²) in [7, 11) is 1.72. The van der Waals surface area contributed by atoms with Crippen LogP contribution in [-0.4, -0.2) is 46.6 Å². The van der Waals surface area contributed by atoms with Crippen LogP contribution in [0.25, 0.3) is 10.8 Å². The van der Waals surface area contributed by atoms with Crippen molar-refractivity contribution in [2.24, 2.45) is 0 Å². The number of rotatable bonds is 11. The van der Waals surface area contributed by atoms with E-state index in [0.717, 1.165) is 31.9 Å². The van der Waals surface area contributed by atoms with Gasteiger partial charge in [-0.1, -0.05) is 30.3 Å². The van der Waals surface area contributed by atoms with E-state index in [9.17, 15) is 0 Å². The molecule has 22 heavy (non-hydrogen) atoms. The number of hydrogen-bond acceptors (Lipinski definition) is 4. The van der Waals surface area contributed by atoms with E-state index < -0.39 is 0 Å². The molecule has 120 valence electrons. The largest absolute Gasteiger partial charge is 0.491 e. The maximum atomic E-state index is 5.71. The highest BCUT2D eigenvalue weighted by Crippen LogP contribution is 2.20. The molecule has 0 atom stereocenters. The molecule has 2 aromatic carbocycles. The highest BCUT2D eigenvalue weighted by atomic mass is 16.5. The van der Waals surface area contributed by atoms with Crippen LogP contribution in [0, 0.1) is 0 Å². The molecule has 2 rings (SSSR count). The van der Waals surface area contributed by atoms with Gasteiger partial charge in [-0.3, -0.25) is 0 Å². The van der Waals surface area contributed by atoms with Crippen molar-refractivity contribution in [3.05, 3.63) is 42.5 Å². The normalized spacial score (nSPS) is 11.0. The summed E-state index contributed by atoms with van der Waals surface area (Å²) in [5.41, 5.74) is 0. The lowest BCUT2D eigenvalue weighted by molar-refractivity contribution is 0.101. The van der Waals surface area contributed by atoms with Crippen LogP contribution < -0.4 is 10.1 Å². The molecule has 0 saturated heterocycles. The van der Waals surface area contributed by atoms with Gasteiger partial charge in [0.15, 0.2) is 0 Å². The Morgan fingerprint density at radius 3 is 2.59 bits per heavy atom. The van der Waals surface area contributed by atoms with Crippen LogP contribution >= 0.6 is 0 Å². The van der Waals surface area contributed by atoms with Crippen LogP contribution in [-0.2, 0) is 9.47 Å². The summed E-state index contributed by atoms with van der Waals surface area (Å²) >= 11 is 0. The number of methoxy groups -OCH3 is 1. The van der Waals surface area contributed by atoms with Crippen molar-refractivity contribution < 1.29 is 14.2 Å². The standard InChI is InChI=1S/C18H25NO3/c1-20-11-4-9-19-10-12-21-13-14-22-18-8-7-16-5-2-3-6-17(16)15-18/h2-3,5-8,15,19H,4,9-14H2,1H3. The van der Waals surface area contributed by atoms with Gasteiger partial charge in [-0.15, -0.1) is 0 Å². The number of ether oxygens (including phenoxy) is 3. The molecule has 0 bridgehead atoms. The van der Waals surface area contributed by atoms with E-state index in [1.54, 1.807) is 7.11 Å². The summed E-state index contributed by atoms with van der Waals surface area (Å²) in [5.74, 6) is 0.889. The van der Waals surface area contributed by atoms with Crippen LogP contribution in [0.4, 0.5) is 0 Å². The lowest BCUT2D eigenvalue weighted by Crippen LogP contribution is -2.22. The topological polar surface area (TPSA) is 39.7 Å². The molecule has 0 amide bonds. The molecular formula is C18H25NO3. The minimum atomic E-state index is 0.571. The van der Waals surface area contributed by atoms with E-state index in [1.165, 1.54) is 10.8 Å². The lowest BCUT2D eigenvalue weighted by atomic mass is 10.1. The van der Waals surface area contributed by atoms with Crippen molar-refractivity contribution in [1.82, 2.24) is 5.32 Å². The molecule has 0 aromatic heterocycles. The fourth-order valence-corrected chi connectivity index (χ4v) is 2.19. The molecule has 0 spiro atoms. The summed E-state index contributed by atoms with van der Waals surface area (Å²) in [6.07, 6.45) is 1.03. The molecule has 2 aromatic rings. The SMILES string of the molecule is COCCCNCCOCCOc1ccc2ccccc2c1. The monoisotopic (exact) mass is 303 g/mol. The van der Waals surface area contributed by atoms with E-state index in [2.05, 4.69) is 29.6 Å². The Morgan fingerprint density at radius 2 is 1.73 bits per heavy atom. The second-order valence-electron chi connectivity index (χ2n) is 5.07. The number of benzene rings is 2. The van der Waals surface area contributed by atoms with E-state index in [0.29, 0.717) is 19.8 Å². The molecule has 4 heteroatoms. The summed E-state index contributed by atoms with van der Waals surface area (Å²) in [4.78, 5) is 0. The van der Waals surface area contributed by atoms with E-state index in [-0.39, 0.29) is 0 Å². The minimum absolute atomic E-state index is 0.571. The average molecular weight is 303 g/mol. The predicted molar refractivity (Wildman–Crippen MR) is 89.6 cm³/mol. The van der Waals surface area contributed by atoms with Gasteiger partial charge in [0.2, 0.25) is 0 Å². The van der Waals surface area contributed by atoms with Gasteiger partial charge in [0.1, 0.15) is 12.4 Å². The quantitative estimate of drug-likeness (QED) is 0.648. The number of hydrogen-bond donors (Lipinski definition) is 1. The second kappa shape index (κ2) is 10.2. The van der Waals surface area contributed by atoms with Crippen molar-refractivity contribution in [3.63, 3.8) is 0 Å². The van der Waals surface area contributed by atoms with Crippen LogP contribution in [0.3, 0.4) is 0 Å². The fourth-order valence-electron chi connectivity index (χ4n) is 2.19. The summed E-state index contributed by atoms with van der Waals surface area (Å²) in [6.45, 7) is 4.50. The molecule has 0 aliphatic rings. The average Bonchev–Trinajstić information content (AvgIpc) is 2.56. The summed E-state index contributed by atoms with van der Waals surface area (Å²) in [6, 6.07) is 14.4. The first kappa shape index (κ1) is 16.7. The van der Waals surface area contributed by atoms with Crippen LogP contribution in [0.1, 0.15) is 6.42 Å². The number of fused-ring (bicyclic) bond motifs is 1. The van der Waals surface area contributed by atoms with E-state index >= 15 is 0 Å². The van der Waals surface area contributed by atoms with Gasteiger partial charge in [0.25, 0.3) is 0 Å². The lowest BCUT2D eigenvalue weighted by Gasteiger charge is -2.09. The van der Waals surface area contributed by atoms with Gasteiger partial charge in [-0.25, -0.2) is 0 Å². The molecule has 0 unspecified atom stereocenters. The Morgan fingerprint density at radius 1 is 0.864 bits per heavy atom. The van der Waals surface area contributed by atoms with Gasteiger partial charge < -0.3 is 19.5 Å². The van der Waals surface area contributed by atoms with Crippen molar-refractivity contribution >= 4 is 10.8 Å². The first-order chi connectivity index (χ1) is 10.9. The third kappa shape index (κ3) is 6.02. The molecule has 0 heterocycles. The number of nitrogens with one attached hydrogen (secondary N) is 1. The van der Waals surface area contributed by atoms with Crippen molar-refractivity contribution in [2.75, 3.05) is 46.6 Å². The van der Waals surface area contributed by atoms with Crippen LogP contribution in [0.2, 0.25) is 0 Å². The Hall–Kier alpha value is -1.62. The molecule has 0 aliphatic carbocycles. The van der Waals surface area contributed by atoms with Crippen molar-refractivity contribution in [2.45, 2.75) is 6.42 Å². The molecular weight excluding hydrogens is 278 g/mol. The first-order valence-corrected chi connectivity index (χ1v) is 7.79. The van der Waals surface area contributed by atoms with Crippen LogP contribution in [0.5, 0.6) is 5.75 Å². The third-order valence-corrected chi connectivity index (χ3v) is 3.34.